The summed E-state index contributed by atoms with van der Waals surface area (Å²) in [5.41, 5.74) is 1.57. The monoisotopic (exact) mass is 290 g/mol. The van der Waals surface area contributed by atoms with Crippen molar-refractivity contribution < 1.29 is 4.79 Å². The first kappa shape index (κ1) is 12.8. The number of hydrogen-bond acceptors (Lipinski definition) is 3. The fourth-order valence-corrected chi connectivity index (χ4v) is 5.74. The van der Waals surface area contributed by atoms with Crippen LogP contribution in [0.3, 0.4) is 0 Å². The molecule has 1 aromatic heterocycles. The van der Waals surface area contributed by atoms with Crippen molar-refractivity contribution in [2.45, 2.75) is 50.1 Å². The largest absolute Gasteiger partial charge is 0.335 e. The van der Waals surface area contributed by atoms with Gasteiger partial charge in [0.25, 0.3) is 0 Å². The van der Waals surface area contributed by atoms with Crippen LogP contribution in [0.1, 0.15) is 48.6 Å². The number of hydrogen-bond donors (Lipinski definition) is 1. The maximum atomic E-state index is 13.1. The number of carbonyl (C=O) groups excluding carboxylic acids is 1. The van der Waals surface area contributed by atoms with Crippen LogP contribution in [-0.4, -0.2) is 29.9 Å². The van der Waals surface area contributed by atoms with Crippen LogP contribution < -0.4 is 5.32 Å². The van der Waals surface area contributed by atoms with Crippen LogP contribution in [0, 0.1) is 5.92 Å². The Labute approximate surface area is 124 Å². The predicted molar refractivity (Wildman–Crippen MR) is 80.8 cm³/mol. The van der Waals surface area contributed by atoms with Crippen LogP contribution in [0.2, 0.25) is 0 Å². The molecule has 1 unspecified atom stereocenters. The molecule has 0 saturated heterocycles. The number of carbonyl (C=O) groups is 1. The van der Waals surface area contributed by atoms with E-state index < -0.39 is 0 Å². The van der Waals surface area contributed by atoms with Gasteiger partial charge < -0.3 is 10.2 Å². The molecule has 0 aromatic carbocycles. The van der Waals surface area contributed by atoms with E-state index in [2.05, 4.69) is 21.7 Å². The summed E-state index contributed by atoms with van der Waals surface area (Å²) in [6.07, 6.45) is 7.39. The minimum Gasteiger partial charge on any atom is -0.335 e. The fraction of sp³-hybridized carbons (Fsp3) is 0.688. The molecule has 2 heterocycles. The molecule has 0 spiro atoms. The van der Waals surface area contributed by atoms with Gasteiger partial charge >= 0.3 is 0 Å². The Morgan fingerprint density at radius 3 is 2.85 bits per heavy atom. The van der Waals surface area contributed by atoms with Crippen LogP contribution in [-0.2, 0) is 11.2 Å². The van der Waals surface area contributed by atoms with Gasteiger partial charge in [-0.3, -0.25) is 4.79 Å². The van der Waals surface area contributed by atoms with E-state index in [1.807, 2.05) is 7.05 Å². The number of fused-ring (bicyclic) bond motifs is 3. The zero-order valence-corrected chi connectivity index (χ0v) is 12.8. The van der Waals surface area contributed by atoms with Crippen molar-refractivity contribution in [1.29, 1.82) is 0 Å². The number of rotatable bonds is 2. The Bertz CT molecular complexity index is 530. The number of thiophene rings is 1. The van der Waals surface area contributed by atoms with Crippen molar-refractivity contribution in [2.75, 3.05) is 13.6 Å². The molecule has 3 aliphatic rings. The number of amides is 1. The first-order valence-corrected chi connectivity index (χ1v) is 8.66. The zero-order chi connectivity index (χ0) is 13.7. The van der Waals surface area contributed by atoms with Crippen LogP contribution in [0.5, 0.6) is 0 Å². The number of nitrogens with one attached hydrogen (secondary N) is 1. The highest BCUT2D eigenvalue weighted by molar-refractivity contribution is 7.10. The van der Waals surface area contributed by atoms with Crippen LogP contribution >= 0.6 is 11.3 Å². The second-order valence-corrected chi connectivity index (χ2v) is 7.59. The minimum absolute atomic E-state index is 0.124. The lowest BCUT2D eigenvalue weighted by Crippen LogP contribution is -2.52. The highest BCUT2D eigenvalue weighted by Gasteiger charge is 2.51. The molecule has 0 radical (unpaired) electrons. The third-order valence-corrected chi connectivity index (χ3v) is 6.75. The van der Waals surface area contributed by atoms with Gasteiger partial charge in [-0.25, -0.2) is 0 Å². The van der Waals surface area contributed by atoms with Crippen LogP contribution in [0.15, 0.2) is 11.4 Å². The third kappa shape index (κ3) is 1.70. The van der Waals surface area contributed by atoms with E-state index in [1.54, 1.807) is 11.3 Å². The topological polar surface area (TPSA) is 32.3 Å². The summed E-state index contributed by atoms with van der Waals surface area (Å²) in [6.45, 7) is 0.910. The smallest absolute Gasteiger partial charge is 0.245 e. The zero-order valence-electron chi connectivity index (χ0n) is 12.0. The van der Waals surface area contributed by atoms with Crippen LogP contribution in [0.4, 0.5) is 0 Å². The average molecular weight is 290 g/mol. The summed E-state index contributed by atoms with van der Waals surface area (Å²) in [5.74, 6) is 1.20. The van der Waals surface area contributed by atoms with E-state index in [9.17, 15) is 4.79 Å². The Kier molecular flexibility index (Phi) is 2.93. The summed E-state index contributed by atoms with van der Waals surface area (Å²) in [5, 5.41) is 5.39. The molecule has 4 heteroatoms. The maximum Gasteiger partial charge on any atom is 0.245 e. The quantitative estimate of drug-likeness (QED) is 0.908. The molecule has 2 saturated carbocycles. The lowest BCUT2D eigenvalue weighted by Gasteiger charge is -2.41. The summed E-state index contributed by atoms with van der Waals surface area (Å²) >= 11 is 1.73. The number of likely N-dealkylation sites (N-methyl/N-ethyl adjacent to an activating group) is 1. The van der Waals surface area contributed by atoms with Gasteiger partial charge in [0.1, 0.15) is 6.04 Å². The maximum absolute atomic E-state index is 13.1. The van der Waals surface area contributed by atoms with Gasteiger partial charge in [-0.1, -0.05) is 0 Å². The lowest BCUT2D eigenvalue weighted by molar-refractivity contribution is -0.139. The van der Waals surface area contributed by atoms with E-state index in [1.165, 1.54) is 42.5 Å². The molecule has 1 atom stereocenters. The van der Waals surface area contributed by atoms with Crippen molar-refractivity contribution in [2.24, 2.45) is 5.92 Å². The Morgan fingerprint density at radius 2 is 2.20 bits per heavy atom. The minimum atomic E-state index is -0.124. The molecule has 108 valence electrons. The Morgan fingerprint density at radius 1 is 1.40 bits per heavy atom. The van der Waals surface area contributed by atoms with Crippen molar-refractivity contribution in [1.82, 2.24) is 10.2 Å². The average Bonchev–Trinajstić information content (AvgIpc) is 3.15. The van der Waals surface area contributed by atoms with Crippen molar-refractivity contribution in [3.8, 4) is 0 Å². The summed E-state index contributed by atoms with van der Waals surface area (Å²) in [7, 11) is 1.92. The molecule has 2 fully saturated rings. The predicted octanol–water partition coefficient (Wildman–Crippen LogP) is 2.73. The summed E-state index contributed by atoms with van der Waals surface area (Å²) < 4.78 is 0. The second kappa shape index (κ2) is 4.57. The van der Waals surface area contributed by atoms with Gasteiger partial charge in [0.05, 0.1) is 0 Å². The molecule has 1 amide bonds. The van der Waals surface area contributed by atoms with Gasteiger partial charge in [0.15, 0.2) is 0 Å². The van der Waals surface area contributed by atoms with Crippen molar-refractivity contribution in [3.63, 3.8) is 0 Å². The summed E-state index contributed by atoms with van der Waals surface area (Å²) in [4.78, 5) is 16.6. The van der Waals surface area contributed by atoms with Gasteiger partial charge in [-0.15, -0.1) is 11.3 Å². The molecular formula is C16H22N2OS. The molecule has 3 nitrogen and oxygen atoms in total. The van der Waals surface area contributed by atoms with Gasteiger partial charge in [0, 0.05) is 17.0 Å². The summed E-state index contributed by atoms with van der Waals surface area (Å²) in [6, 6.07) is 2.08. The fourth-order valence-electron chi connectivity index (χ4n) is 4.68. The molecule has 1 aromatic rings. The van der Waals surface area contributed by atoms with Crippen molar-refractivity contribution in [3.05, 3.63) is 21.9 Å². The van der Waals surface area contributed by atoms with E-state index in [0.717, 1.165) is 18.9 Å². The van der Waals surface area contributed by atoms with E-state index in [0.29, 0.717) is 5.91 Å². The van der Waals surface area contributed by atoms with E-state index in [-0.39, 0.29) is 11.6 Å². The Balaban J connectivity index is 1.69. The Hall–Kier alpha value is -0.870. The standard InChI is InChI=1S/C16H22N2OS/c1-17-13-14-12(5-9-20-14)4-8-18(15(13)19)16-6-2-11(10-16)3-7-16/h5,9,11,13,17H,2-4,6-8,10H2,1H3. The van der Waals surface area contributed by atoms with Gasteiger partial charge in [-0.2, -0.15) is 0 Å². The second-order valence-electron chi connectivity index (χ2n) is 6.64. The first-order chi connectivity index (χ1) is 9.73. The molecule has 2 aliphatic carbocycles. The van der Waals surface area contributed by atoms with Crippen LogP contribution in [0.25, 0.3) is 0 Å². The lowest BCUT2D eigenvalue weighted by atomic mass is 9.91. The number of nitrogens with zero attached hydrogens (tertiary/aromatic N) is 1. The third-order valence-electron chi connectivity index (χ3n) is 5.73. The molecule has 20 heavy (non-hydrogen) atoms. The highest BCUT2D eigenvalue weighted by Crippen LogP contribution is 2.52. The first-order valence-electron chi connectivity index (χ1n) is 7.78. The molecule has 1 aliphatic heterocycles. The van der Waals surface area contributed by atoms with E-state index in [4.69, 9.17) is 0 Å². The van der Waals surface area contributed by atoms with Crippen molar-refractivity contribution >= 4 is 17.2 Å². The molecule has 4 rings (SSSR count). The molecule has 1 N–H and O–H groups in total. The van der Waals surface area contributed by atoms with Gasteiger partial charge in [0.2, 0.25) is 5.91 Å². The SMILES string of the molecule is CNC1C(=O)N(C23CCC(CC2)C3)CCc2ccsc21. The van der Waals surface area contributed by atoms with Gasteiger partial charge in [-0.05, 0) is 68.5 Å². The molecule has 2 bridgehead atoms. The molecular weight excluding hydrogens is 268 g/mol. The normalized spacial score (nSPS) is 36.2. The van der Waals surface area contributed by atoms with E-state index >= 15 is 0 Å². The highest BCUT2D eigenvalue weighted by atomic mass is 32.1.